The summed E-state index contributed by atoms with van der Waals surface area (Å²) in [7, 11) is -0.930. The minimum Gasteiger partial charge on any atom is -0.312 e. The lowest BCUT2D eigenvalue weighted by atomic mass is 9.83. The summed E-state index contributed by atoms with van der Waals surface area (Å²) >= 11 is 3.61. The SMILES string of the molecule is CNC(c1cc2sccc2s1)C1CCCC(S(C)(=O)=O)C1. The molecular weight excluding hydrogens is 322 g/mol. The Bertz CT molecular complexity index is 688. The minimum absolute atomic E-state index is 0.159. The van der Waals surface area contributed by atoms with E-state index in [2.05, 4.69) is 22.8 Å². The van der Waals surface area contributed by atoms with Gasteiger partial charge in [-0.25, -0.2) is 8.42 Å². The number of fused-ring (bicyclic) bond motifs is 1. The van der Waals surface area contributed by atoms with Gasteiger partial charge >= 0.3 is 0 Å². The number of hydrogen-bond donors (Lipinski definition) is 1. The van der Waals surface area contributed by atoms with Crippen molar-refractivity contribution in [3.05, 3.63) is 22.4 Å². The number of rotatable bonds is 4. The summed E-state index contributed by atoms with van der Waals surface area (Å²) in [6.07, 6.45) is 5.13. The predicted octanol–water partition coefficient (Wildman–Crippen LogP) is 3.83. The molecule has 1 aliphatic carbocycles. The van der Waals surface area contributed by atoms with Gasteiger partial charge in [-0.3, -0.25) is 0 Å². The van der Waals surface area contributed by atoms with Gasteiger partial charge in [0.2, 0.25) is 0 Å². The molecule has 6 heteroatoms. The van der Waals surface area contributed by atoms with Gasteiger partial charge < -0.3 is 5.32 Å². The van der Waals surface area contributed by atoms with Gasteiger partial charge in [-0.1, -0.05) is 6.42 Å². The van der Waals surface area contributed by atoms with E-state index in [9.17, 15) is 8.42 Å². The summed E-state index contributed by atoms with van der Waals surface area (Å²) < 4.78 is 26.4. The summed E-state index contributed by atoms with van der Waals surface area (Å²) in [5.41, 5.74) is 0. The summed E-state index contributed by atoms with van der Waals surface area (Å²) in [5, 5.41) is 5.40. The molecule has 0 aromatic carbocycles. The molecular formula is C15H21NO2S3. The molecule has 3 nitrogen and oxygen atoms in total. The molecule has 1 aliphatic rings. The third kappa shape index (κ3) is 3.18. The van der Waals surface area contributed by atoms with Gasteiger partial charge in [0.25, 0.3) is 0 Å². The lowest BCUT2D eigenvalue weighted by Crippen LogP contribution is -2.34. The van der Waals surface area contributed by atoms with Gasteiger partial charge in [0, 0.05) is 26.6 Å². The quantitative estimate of drug-likeness (QED) is 0.918. The smallest absolute Gasteiger partial charge is 0.150 e. The fourth-order valence-electron chi connectivity index (χ4n) is 3.42. The van der Waals surface area contributed by atoms with E-state index in [0.717, 1.165) is 25.7 Å². The molecule has 1 N–H and O–H groups in total. The Morgan fingerprint density at radius 3 is 2.81 bits per heavy atom. The van der Waals surface area contributed by atoms with Crippen molar-refractivity contribution in [2.24, 2.45) is 5.92 Å². The van der Waals surface area contributed by atoms with Gasteiger partial charge in [-0.05, 0) is 49.7 Å². The molecule has 0 saturated heterocycles. The van der Waals surface area contributed by atoms with Gasteiger partial charge in [-0.15, -0.1) is 22.7 Å². The molecule has 1 fully saturated rings. The first-order valence-electron chi connectivity index (χ1n) is 7.32. The molecule has 2 aromatic heterocycles. The summed E-state index contributed by atoms with van der Waals surface area (Å²) in [4.78, 5) is 1.35. The van der Waals surface area contributed by atoms with E-state index in [4.69, 9.17) is 0 Å². The van der Waals surface area contributed by atoms with Crippen LogP contribution < -0.4 is 5.32 Å². The van der Waals surface area contributed by atoms with Crippen molar-refractivity contribution >= 4 is 41.9 Å². The van der Waals surface area contributed by atoms with E-state index in [-0.39, 0.29) is 11.3 Å². The Morgan fingerprint density at radius 1 is 1.33 bits per heavy atom. The monoisotopic (exact) mass is 343 g/mol. The molecule has 2 aromatic rings. The van der Waals surface area contributed by atoms with E-state index >= 15 is 0 Å². The molecule has 0 bridgehead atoms. The van der Waals surface area contributed by atoms with Crippen LogP contribution in [0.15, 0.2) is 17.5 Å². The zero-order valence-corrected chi connectivity index (χ0v) is 14.8. The van der Waals surface area contributed by atoms with Gasteiger partial charge in [0.1, 0.15) is 9.84 Å². The van der Waals surface area contributed by atoms with Gasteiger partial charge in [0.05, 0.1) is 5.25 Å². The Hall–Kier alpha value is -0.430. The van der Waals surface area contributed by atoms with Crippen molar-refractivity contribution in [1.29, 1.82) is 0 Å². The van der Waals surface area contributed by atoms with Crippen LogP contribution in [0.25, 0.3) is 9.40 Å². The lowest BCUT2D eigenvalue weighted by Gasteiger charge is -2.33. The van der Waals surface area contributed by atoms with Gasteiger partial charge in [-0.2, -0.15) is 0 Å². The molecule has 0 spiro atoms. The van der Waals surface area contributed by atoms with Crippen LogP contribution in [0.3, 0.4) is 0 Å². The number of hydrogen-bond acceptors (Lipinski definition) is 5. The zero-order valence-electron chi connectivity index (χ0n) is 12.3. The normalized spacial score (nSPS) is 25.2. The predicted molar refractivity (Wildman–Crippen MR) is 92.1 cm³/mol. The molecule has 116 valence electrons. The first-order chi connectivity index (χ1) is 9.99. The number of thiophene rings is 2. The van der Waals surface area contributed by atoms with Crippen LogP contribution in [0, 0.1) is 5.92 Å². The minimum atomic E-state index is -2.92. The molecule has 1 saturated carbocycles. The average Bonchev–Trinajstić information content (AvgIpc) is 3.00. The maximum atomic E-state index is 11.9. The van der Waals surface area contributed by atoms with Crippen molar-refractivity contribution in [3.63, 3.8) is 0 Å². The maximum Gasteiger partial charge on any atom is 0.150 e. The van der Waals surface area contributed by atoms with Crippen LogP contribution in [0.1, 0.15) is 36.6 Å². The molecule has 3 rings (SSSR count). The number of sulfone groups is 1. The summed E-state index contributed by atoms with van der Waals surface area (Å²) in [6.45, 7) is 0. The van der Waals surface area contributed by atoms with Crippen LogP contribution in [0.4, 0.5) is 0 Å². The Morgan fingerprint density at radius 2 is 2.14 bits per heavy atom. The van der Waals surface area contributed by atoms with Crippen molar-refractivity contribution in [1.82, 2.24) is 5.32 Å². The maximum absolute atomic E-state index is 11.9. The third-order valence-corrected chi connectivity index (χ3v) is 8.34. The fraction of sp³-hybridized carbons (Fsp3) is 0.600. The Kier molecular flexibility index (Phi) is 4.41. The second kappa shape index (κ2) is 5.99. The summed E-state index contributed by atoms with van der Waals surface area (Å²) in [6, 6.07) is 4.72. The van der Waals surface area contributed by atoms with Crippen molar-refractivity contribution in [3.8, 4) is 0 Å². The van der Waals surface area contributed by atoms with Crippen LogP contribution >= 0.6 is 22.7 Å². The van der Waals surface area contributed by atoms with Crippen molar-refractivity contribution in [2.75, 3.05) is 13.3 Å². The van der Waals surface area contributed by atoms with Gasteiger partial charge in [0.15, 0.2) is 0 Å². The van der Waals surface area contributed by atoms with Crippen LogP contribution in [-0.4, -0.2) is 27.0 Å². The first kappa shape index (κ1) is 15.5. The van der Waals surface area contributed by atoms with E-state index in [1.165, 1.54) is 20.5 Å². The molecule has 2 heterocycles. The Labute approximate surface area is 134 Å². The van der Waals surface area contributed by atoms with E-state index in [0.29, 0.717) is 5.92 Å². The molecule has 3 atom stereocenters. The zero-order chi connectivity index (χ0) is 15.0. The third-order valence-electron chi connectivity index (χ3n) is 4.52. The highest BCUT2D eigenvalue weighted by Crippen LogP contribution is 2.41. The largest absolute Gasteiger partial charge is 0.312 e. The van der Waals surface area contributed by atoms with E-state index in [1.54, 1.807) is 11.3 Å². The highest BCUT2D eigenvalue weighted by atomic mass is 32.2. The average molecular weight is 344 g/mol. The number of nitrogens with one attached hydrogen (secondary N) is 1. The van der Waals surface area contributed by atoms with Crippen LogP contribution in [0.2, 0.25) is 0 Å². The molecule has 3 unspecified atom stereocenters. The molecule has 0 amide bonds. The summed E-state index contributed by atoms with van der Waals surface area (Å²) in [5.74, 6) is 0.413. The Balaban J connectivity index is 1.84. The molecule has 21 heavy (non-hydrogen) atoms. The van der Waals surface area contributed by atoms with E-state index in [1.807, 2.05) is 18.4 Å². The first-order valence-corrected chi connectivity index (χ1v) is 11.0. The van der Waals surface area contributed by atoms with Crippen molar-refractivity contribution < 1.29 is 8.42 Å². The van der Waals surface area contributed by atoms with Crippen LogP contribution in [-0.2, 0) is 9.84 Å². The second-order valence-electron chi connectivity index (χ2n) is 5.94. The molecule has 0 radical (unpaired) electrons. The standard InChI is InChI=1S/C15H21NO2S3/c1-16-15(14-9-13-12(20-14)6-7-19-13)10-4-3-5-11(8-10)21(2,17)18/h6-7,9-11,15-16H,3-5,8H2,1-2H3. The van der Waals surface area contributed by atoms with Crippen molar-refractivity contribution in [2.45, 2.75) is 37.0 Å². The topological polar surface area (TPSA) is 46.2 Å². The molecule has 0 aliphatic heterocycles. The highest BCUT2D eigenvalue weighted by Gasteiger charge is 2.33. The second-order valence-corrected chi connectivity index (χ2v) is 10.3. The lowest BCUT2D eigenvalue weighted by molar-refractivity contribution is 0.285. The fourth-order valence-corrected chi connectivity index (χ4v) is 6.94. The van der Waals surface area contributed by atoms with Crippen LogP contribution in [0.5, 0.6) is 0 Å². The highest BCUT2D eigenvalue weighted by molar-refractivity contribution is 7.91. The van der Waals surface area contributed by atoms with E-state index < -0.39 is 9.84 Å².